The largest absolute Gasteiger partial charge is 0.482 e. The van der Waals surface area contributed by atoms with Crippen LogP contribution in [0.15, 0.2) is 24.3 Å². The number of alkyl halides is 3. The number of carbonyl (C=O) groups is 1. The van der Waals surface area contributed by atoms with Crippen molar-refractivity contribution in [1.29, 1.82) is 0 Å². The molecule has 3 N–H and O–H groups in total. The standard InChI is InChI=1S/C14H19F3N2O2/c1-9(2)7-10(18)13(20)19-11-5-3-4-6-12(11)21-8-14(15,16)17/h3-6,9-10H,7-8,18H2,1-2H3,(H,19,20)/t10-/m1/s1. The minimum absolute atomic E-state index is 0.0417. The number of halogens is 3. The molecule has 0 saturated heterocycles. The third-order valence-electron chi connectivity index (χ3n) is 2.60. The van der Waals surface area contributed by atoms with Crippen LogP contribution in [0.3, 0.4) is 0 Å². The lowest BCUT2D eigenvalue weighted by atomic mass is 10.0. The Bertz CT molecular complexity index is 476. The molecular weight excluding hydrogens is 285 g/mol. The van der Waals surface area contributed by atoms with E-state index < -0.39 is 24.7 Å². The molecule has 0 aliphatic carbocycles. The maximum atomic E-state index is 12.2. The maximum absolute atomic E-state index is 12.2. The summed E-state index contributed by atoms with van der Waals surface area (Å²) in [6.07, 6.45) is -3.96. The molecule has 0 aliphatic rings. The SMILES string of the molecule is CC(C)C[C@@H](N)C(=O)Nc1ccccc1OCC(F)(F)F. The molecule has 0 aliphatic heterocycles. The van der Waals surface area contributed by atoms with Crippen molar-refractivity contribution in [3.8, 4) is 5.75 Å². The summed E-state index contributed by atoms with van der Waals surface area (Å²) in [7, 11) is 0. The molecule has 118 valence electrons. The van der Waals surface area contributed by atoms with Gasteiger partial charge in [-0.1, -0.05) is 26.0 Å². The number of anilines is 1. The number of carbonyl (C=O) groups excluding carboxylic acids is 1. The van der Waals surface area contributed by atoms with E-state index in [4.69, 9.17) is 5.73 Å². The Balaban J connectivity index is 2.72. The Morgan fingerprint density at radius 3 is 2.52 bits per heavy atom. The third-order valence-corrected chi connectivity index (χ3v) is 2.60. The molecule has 1 amide bonds. The highest BCUT2D eigenvalue weighted by atomic mass is 19.4. The highest BCUT2D eigenvalue weighted by Crippen LogP contribution is 2.26. The highest BCUT2D eigenvalue weighted by molar-refractivity contribution is 5.95. The highest BCUT2D eigenvalue weighted by Gasteiger charge is 2.29. The number of amides is 1. The third kappa shape index (κ3) is 6.48. The van der Waals surface area contributed by atoms with Gasteiger partial charge in [-0.3, -0.25) is 4.79 Å². The first kappa shape index (κ1) is 17.3. The van der Waals surface area contributed by atoms with Crippen LogP contribution in [0.5, 0.6) is 5.75 Å². The van der Waals surface area contributed by atoms with Gasteiger partial charge in [0.25, 0.3) is 0 Å². The smallest absolute Gasteiger partial charge is 0.422 e. The monoisotopic (exact) mass is 304 g/mol. The van der Waals surface area contributed by atoms with E-state index in [9.17, 15) is 18.0 Å². The van der Waals surface area contributed by atoms with Crippen molar-refractivity contribution in [2.24, 2.45) is 11.7 Å². The van der Waals surface area contributed by atoms with Gasteiger partial charge in [0.15, 0.2) is 6.61 Å². The number of nitrogens with two attached hydrogens (primary N) is 1. The zero-order valence-corrected chi connectivity index (χ0v) is 11.9. The van der Waals surface area contributed by atoms with E-state index in [1.165, 1.54) is 18.2 Å². The molecule has 1 aromatic rings. The summed E-state index contributed by atoms with van der Waals surface area (Å²) in [5, 5.41) is 2.50. The van der Waals surface area contributed by atoms with Gasteiger partial charge in [0.2, 0.25) is 5.91 Å². The van der Waals surface area contributed by atoms with Crippen LogP contribution in [0, 0.1) is 5.92 Å². The van der Waals surface area contributed by atoms with Crippen LogP contribution < -0.4 is 15.8 Å². The molecule has 21 heavy (non-hydrogen) atoms. The average molecular weight is 304 g/mol. The van der Waals surface area contributed by atoms with Crippen molar-refractivity contribution in [1.82, 2.24) is 0 Å². The second-order valence-corrected chi connectivity index (χ2v) is 5.13. The fourth-order valence-electron chi connectivity index (χ4n) is 1.70. The minimum Gasteiger partial charge on any atom is -0.482 e. The molecule has 1 aromatic carbocycles. The predicted molar refractivity (Wildman–Crippen MR) is 74.1 cm³/mol. The molecule has 0 aromatic heterocycles. The number of hydrogen-bond donors (Lipinski definition) is 2. The minimum atomic E-state index is -4.44. The normalized spacial score (nSPS) is 13.1. The van der Waals surface area contributed by atoms with E-state index in [-0.39, 0.29) is 17.4 Å². The topological polar surface area (TPSA) is 64.4 Å². The number of ether oxygens (including phenoxy) is 1. The molecule has 0 spiro atoms. The molecule has 0 radical (unpaired) electrons. The van der Waals surface area contributed by atoms with Crippen molar-refractivity contribution >= 4 is 11.6 Å². The second-order valence-electron chi connectivity index (χ2n) is 5.13. The summed E-state index contributed by atoms with van der Waals surface area (Å²) in [4.78, 5) is 11.9. The summed E-state index contributed by atoms with van der Waals surface area (Å²) < 4.78 is 41.2. The maximum Gasteiger partial charge on any atom is 0.422 e. The van der Waals surface area contributed by atoms with E-state index in [1.54, 1.807) is 6.07 Å². The van der Waals surface area contributed by atoms with Crippen molar-refractivity contribution in [2.75, 3.05) is 11.9 Å². The summed E-state index contributed by atoms with van der Waals surface area (Å²) in [6, 6.07) is 5.21. The number of rotatable bonds is 6. The first-order valence-electron chi connectivity index (χ1n) is 6.54. The molecule has 1 atom stereocenters. The van der Waals surface area contributed by atoms with Gasteiger partial charge in [-0.05, 0) is 24.5 Å². The summed E-state index contributed by atoms with van der Waals surface area (Å²) in [5.74, 6) is -0.255. The van der Waals surface area contributed by atoms with Crippen LogP contribution in [-0.2, 0) is 4.79 Å². The number of nitrogens with one attached hydrogen (secondary N) is 1. The van der Waals surface area contributed by atoms with E-state index in [0.717, 1.165) is 0 Å². The van der Waals surface area contributed by atoms with Gasteiger partial charge in [-0.2, -0.15) is 13.2 Å². The fraction of sp³-hybridized carbons (Fsp3) is 0.500. The van der Waals surface area contributed by atoms with Crippen LogP contribution >= 0.6 is 0 Å². The van der Waals surface area contributed by atoms with Crippen molar-refractivity contribution < 1.29 is 22.7 Å². The van der Waals surface area contributed by atoms with Gasteiger partial charge in [-0.15, -0.1) is 0 Å². The Labute approximate surface area is 121 Å². The first-order valence-corrected chi connectivity index (χ1v) is 6.54. The van der Waals surface area contributed by atoms with Crippen molar-refractivity contribution in [2.45, 2.75) is 32.5 Å². The van der Waals surface area contributed by atoms with E-state index in [0.29, 0.717) is 6.42 Å². The van der Waals surface area contributed by atoms with E-state index >= 15 is 0 Å². The fourth-order valence-corrected chi connectivity index (χ4v) is 1.70. The molecule has 7 heteroatoms. The van der Waals surface area contributed by atoms with Crippen LogP contribution in [0.4, 0.5) is 18.9 Å². The van der Waals surface area contributed by atoms with Crippen LogP contribution in [0.25, 0.3) is 0 Å². The van der Waals surface area contributed by atoms with E-state index in [2.05, 4.69) is 10.1 Å². The van der Waals surface area contributed by atoms with Crippen LogP contribution in [-0.4, -0.2) is 24.7 Å². The lowest BCUT2D eigenvalue weighted by Crippen LogP contribution is -2.36. The average Bonchev–Trinajstić information content (AvgIpc) is 2.35. The quantitative estimate of drug-likeness (QED) is 0.849. The Hall–Kier alpha value is -1.76. The zero-order chi connectivity index (χ0) is 16.0. The van der Waals surface area contributed by atoms with Gasteiger partial charge in [0.1, 0.15) is 5.75 Å². The number of benzene rings is 1. The lowest BCUT2D eigenvalue weighted by molar-refractivity contribution is -0.153. The molecule has 0 heterocycles. The Morgan fingerprint density at radius 1 is 1.33 bits per heavy atom. The van der Waals surface area contributed by atoms with Gasteiger partial charge >= 0.3 is 6.18 Å². The molecular formula is C14H19F3N2O2. The molecule has 0 bridgehead atoms. The van der Waals surface area contributed by atoms with Crippen molar-refractivity contribution in [3.05, 3.63) is 24.3 Å². The van der Waals surface area contributed by atoms with Crippen LogP contribution in [0.2, 0.25) is 0 Å². The number of hydrogen-bond acceptors (Lipinski definition) is 3. The second kappa shape index (κ2) is 7.31. The summed E-state index contributed by atoms with van der Waals surface area (Å²) in [5.41, 5.74) is 5.90. The van der Waals surface area contributed by atoms with Crippen molar-refractivity contribution in [3.63, 3.8) is 0 Å². The number of para-hydroxylation sites is 2. The van der Waals surface area contributed by atoms with Crippen LogP contribution in [0.1, 0.15) is 20.3 Å². The first-order chi connectivity index (χ1) is 9.69. The van der Waals surface area contributed by atoms with Gasteiger partial charge in [-0.25, -0.2) is 0 Å². The lowest BCUT2D eigenvalue weighted by Gasteiger charge is -2.17. The molecule has 0 fully saturated rings. The zero-order valence-electron chi connectivity index (χ0n) is 11.9. The van der Waals surface area contributed by atoms with Gasteiger partial charge in [0.05, 0.1) is 11.7 Å². The Morgan fingerprint density at radius 2 is 1.95 bits per heavy atom. The summed E-state index contributed by atoms with van der Waals surface area (Å²) in [6.45, 7) is 2.43. The van der Waals surface area contributed by atoms with Gasteiger partial charge < -0.3 is 15.8 Å². The molecule has 0 unspecified atom stereocenters. The molecule has 4 nitrogen and oxygen atoms in total. The van der Waals surface area contributed by atoms with E-state index in [1.807, 2.05) is 13.8 Å². The van der Waals surface area contributed by atoms with Gasteiger partial charge in [0, 0.05) is 0 Å². The summed E-state index contributed by atoms with van der Waals surface area (Å²) >= 11 is 0. The molecule has 1 rings (SSSR count). The molecule has 0 saturated carbocycles. The predicted octanol–water partition coefficient (Wildman–Crippen LogP) is 2.94. The Kier molecular flexibility index (Phi) is 6.02.